The average molecular weight is 267 g/mol. The molecular weight excluding hydrogens is 254 g/mol. The molecule has 0 aliphatic rings. The van der Waals surface area contributed by atoms with Crippen LogP contribution in [0.4, 0.5) is 11.9 Å². The number of benzene rings is 1. The minimum absolute atomic E-state index is 0.0437. The Morgan fingerprint density at radius 1 is 1.25 bits per heavy atom. The second kappa shape index (κ2) is 4.73. The van der Waals surface area contributed by atoms with E-state index < -0.39 is 0 Å². The Balaban J connectivity index is 1.90. The Morgan fingerprint density at radius 3 is 2.75 bits per heavy atom. The molecule has 0 radical (unpaired) electrons. The maximum Gasteiger partial charge on any atom is 0.229 e. The van der Waals surface area contributed by atoms with Crippen LogP contribution >= 0.6 is 0 Å². The van der Waals surface area contributed by atoms with E-state index in [4.69, 9.17) is 0 Å². The molecular formula is C14H13N5O. The summed E-state index contributed by atoms with van der Waals surface area (Å²) < 4.78 is 0. The number of aryl methyl sites for hydroxylation is 1. The number of fused-ring (bicyclic) bond motifs is 1. The standard InChI is InChI=1S/C14H13N5O/c1-8-10(9(2)20)7-15-13(16-8)19-14-17-11-5-3-4-6-12(11)18-14/h3-7H,1-2H3,(H2,15,16,17,18,19). The number of imidazole rings is 1. The first kappa shape index (κ1) is 12.3. The van der Waals surface area contributed by atoms with Crippen LogP contribution < -0.4 is 5.32 Å². The molecule has 2 aromatic heterocycles. The summed E-state index contributed by atoms with van der Waals surface area (Å²) in [5.74, 6) is 0.936. The van der Waals surface area contributed by atoms with E-state index in [1.54, 1.807) is 6.92 Å². The largest absolute Gasteiger partial charge is 0.324 e. The number of nitrogens with one attached hydrogen (secondary N) is 2. The summed E-state index contributed by atoms with van der Waals surface area (Å²) in [7, 11) is 0. The van der Waals surface area contributed by atoms with Crippen molar-refractivity contribution in [1.29, 1.82) is 0 Å². The van der Waals surface area contributed by atoms with Gasteiger partial charge in [-0.05, 0) is 26.0 Å². The van der Waals surface area contributed by atoms with Crippen molar-refractivity contribution in [2.24, 2.45) is 0 Å². The fourth-order valence-electron chi connectivity index (χ4n) is 1.99. The topological polar surface area (TPSA) is 83.6 Å². The van der Waals surface area contributed by atoms with Gasteiger partial charge in [-0.3, -0.25) is 10.1 Å². The van der Waals surface area contributed by atoms with Crippen LogP contribution in [0.5, 0.6) is 0 Å². The van der Waals surface area contributed by atoms with Gasteiger partial charge in [0.1, 0.15) is 0 Å². The Kier molecular flexibility index (Phi) is 2.90. The third-order valence-electron chi connectivity index (χ3n) is 2.98. The van der Waals surface area contributed by atoms with Gasteiger partial charge in [0, 0.05) is 6.20 Å². The lowest BCUT2D eigenvalue weighted by Gasteiger charge is -2.04. The number of H-pyrrole nitrogens is 1. The van der Waals surface area contributed by atoms with Crippen LogP contribution in [-0.2, 0) is 0 Å². The van der Waals surface area contributed by atoms with E-state index in [-0.39, 0.29) is 5.78 Å². The van der Waals surface area contributed by atoms with Gasteiger partial charge in [0.05, 0.1) is 22.3 Å². The number of carbonyl (C=O) groups excluding carboxylic acids is 1. The van der Waals surface area contributed by atoms with Crippen LogP contribution in [0.15, 0.2) is 30.5 Å². The van der Waals surface area contributed by atoms with Crippen molar-refractivity contribution in [3.8, 4) is 0 Å². The minimum Gasteiger partial charge on any atom is -0.324 e. The van der Waals surface area contributed by atoms with Gasteiger partial charge in [-0.2, -0.15) is 0 Å². The highest BCUT2D eigenvalue weighted by atomic mass is 16.1. The molecule has 100 valence electrons. The van der Waals surface area contributed by atoms with Crippen molar-refractivity contribution in [2.45, 2.75) is 13.8 Å². The molecule has 0 saturated carbocycles. The SMILES string of the molecule is CC(=O)c1cnc(Nc2nc3ccccc3[nH]2)nc1C. The second-order valence-corrected chi connectivity index (χ2v) is 4.48. The molecule has 0 fully saturated rings. The highest BCUT2D eigenvalue weighted by Crippen LogP contribution is 2.16. The van der Waals surface area contributed by atoms with Crippen molar-refractivity contribution in [2.75, 3.05) is 5.32 Å². The molecule has 20 heavy (non-hydrogen) atoms. The lowest BCUT2D eigenvalue weighted by Crippen LogP contribution is -2.05. The molecule has 0 amide bonds. The Hall–Kier alpha value is -2.76. The fourth-order valence-corrected chi connectivity index (χ4v) is 1.99. The van der Waals surface area contributed by atoms with E-state index in [1.807, 2.05) is 24.3 Å². The summed E-state index contributed by atoms with van der Waals surface area (Å²) in [5, 5.41) is 3.00. The molecule has 0 aliphatic carbocycles. The van der Waals surface area contributed by atoms with Gasteiger partial charge < -0.3 is 4.98 Å². The number of hydrogen-bond donors (Lipinski definition) is 2. The monoisotopic (exact) mass is 267 g/mol. The summed E-state index contributed by atoms with van der Waals surface area (Å²) in [6.45, 7) is 3.28. The lowest BCUT2D eigenvalue weighted by molar-refractivity contribution is 0.101. The number of aromatic nitrogens is 4. The van der Waals surface area contributed by atoms with Gasteiger partial charge in [0.25, 0.3) is 0 Å². The Bertz CT molecular complexity index is 760. The first-order chi connectivity index (χ1) is 9.63. The number of anilines is 2. The molecule has 0 unspecified atom stereocenters. The predicted octanol–water partition coefficient (Wildman–Crippen LogP) is 2.61. The first-order valence-corrected chi connectivity index (χ1v) is 6.20. The minimum atomic E-state index is -0.0437. The third-order valence-corrected chi connectivity index (χ3v) is 2.98. The number of aromatic amines is 1. The van der Waals surface area contributed by atoms with Crippen LogP contribution in [0.3, 0.4) is 0 Å². The predicted molar refractivity (Wildman–Crippen MR) is 76.1 cm³/mol. The van der Waals surface area contributed by atoms with Crippen LogP contribution in [0.2, 0.25) is 0 Å². The molecule has 0 spiro atoms. The van der Waals surface area contributed by atoms with E-state index in [2.05, 4.69) is 25.3 Å². The van der Waals surface area contributed by atoms with Gasteiger partial charge in [-0.15, -0.1) is 0 Å². The highest BCUT2D eigenvalue weighted by molar-refractivity contribution is 5.94. The molecule has 0 saturated heterocycles. The van der Waals surface area contributed by atoms with Crippen LogP contribution in [0, 0.1) is 6.92 Å². The molecule has 2 heterocycles. The lowest BCUT2D eigenvalue weighted by atomic mass is 10.2. The summed E-state index contributed by atoms with van der Waals surface area (Å²) in [5.41, 5.74) is 2.98. The maximum absolute atomic E-state index is 11.3. The Labute approximate surface area is 115 Å². The highest BCUT2D eigenvalue weighted by Gasteiger charge is 2.09. The number of rotatable bonds is 3. The average Bonchev–Trinajstić information content (AvgIpc) is 2.80. The zero-order valence-electron chi connectivity index (χ0n) is 11.1. The van der Waals surface area contributed by atoms with E-state index in [1.165, 1.54) is 13.1 Å². The molecule has 0 bridgehead atoms. The van der Waals surface area contributed by atoms with E-state index in [0.717, 1.165) is 11.0 Å². The number of hydrogen-bond acceptors (Lipinski definition) is 5. The van der Waals surface area contributed by atoms with Crippen molar-refractivity contribution in [3.63, 3.8) is 0 Å². The smallest absolute Gasteiger partial charge is 0.229 e. The Morgan fingerprint density at radius 2 is 2.05 bits per heavy atom. The first-order valence-electron chi connectivity index (χ1n) is 6.20. The second-order valence-electron chi connectivity index (χ2n) is 4.48. The van der Waals surface area contributed by atoms with E-state index in [9.17, 15) is 4.79 Å². The molecule has 0 aliphatic heterocycles. The molecule has 2 N–H and O–H groups in total. The summed E-state index contributed by atoms with van der Waals surface area (Å²) in [4.78, 5) is 27.2. The van der Waals surface area contributed by atoms with Crippen LogP contribution in [0.1, 0.15) is 23.0 Å². The van der Waals surface area contributed by atoms with Gasteiger partial charge in [-0.25, -0.2) is 15.0 Å². The molecule has 6 heteroatoms. The normalized spacial score (nSPS) is 10.7. The van der Waals surface area contributed by atoms with Crippen molar-refractivity contribution < 1.29 is 4.79 Å². The van der Waals surface area contributed by atoms with E-state index in [0.29, 0.717) is 23.2 Å². The van der Waals surface area contributed by atoms with Crippen LogP contribution in [0.25, 0.3) is 11.0 Å². The third kappa shape index (κ3) is 2.23. The molecule has 1 aromatic carbocycles. The molecule has 3 rings (SSSR count). The number of carbonyl (C=O) groups is 1. The zero-order valence-corrected chi connectivity index (χ0v) is 11.1. The molecule has 0 atom stereocenters. The van der Waals surface area contributed by atoms with E-state index >= 15 is 0 Å². The summed E-state index contributed by atoms with van der Waals surface area (Å²) in [6.07, 6.45) is 1.52. The number of nitrogens with zero attached hydrogens (tertiary/aromatic N) is 3. The summed E-state index contributed by atoms with van der Waals surface area (Å²) >= 11 is 0. The van der Waals surface area contributed by atoms with Crippen LogP contribution in [-0.4, -0.2) is 25.7 Å². The summed E-state index contributed by atoms with van der Waals surface area (Å²) in [6, 6.07) is 7.72. The van der Waals surface area contributed by atoms with Gasteiger partial charge in [-0.1, -0.05) is 12.1 Å². The van der Waals surface area contributed by atoms with Gasteiger partial charge in [0.15, 0.2) is 5.78 Å². The van der Waals surface area contributed by atoms with Crippen molar-refractivity contribution in [3.05, 3.63) is 41.7 Å². The number of Topliss-reactive ketones (excluding diaryl/α,β-unsaturated/α-hetero) is 1. The fraction of sp³-hybridized carbons (Fsp3) is 0.143. The van der Waals surface area contributed by atoms with Gasteiger partial charge in [0.2, 0.25) is 11.9 Å². The quantitative estimate of drug-likeness (QED) is 0.713. The van der Waals surface area contributed by atoms with Gasteiger partial charge >= 0.3 is 0 Å². The molecule has 6 nitrogen and oxygen atoms in total. The number of para-hydroxylation sites is 2. The number of ketones is 1. The van der Waals surface area contributed by atoms with Crippen molar-refractivity contribution in [1.82, 2.24) is 19.9 Å². The van der Waals surface area contributed by atoms with Crippen molar-refractivity contribution >= 4 is 28.7 Å². The zero-order chi connectivity index (χ0) is 14.1. The molecule has 3 aromatic rings. The maximum atomic E-state index is 11.3.